The minimum atomic E-state index is -0.771. The van der Waals surface area contributed by atoms with Crippen LogP contribution in [0.15, 0.2) is 24.3 Å². The molecule has 0 heterocycles. The number of rotatable bonds is 71. The summed E-state index contributed by atoms with van der Waals surface area (Å²) in [6.45, 7) is 6.68. The first-order valence-electron chi connectivity index (χ1n) is 37.8. The van der Waals surface area contributed by atoms with Crippen molar-refractivity contribution in [2.45, 2.75) is 438 Å². The third-order valence-corrected chi connectivity index (χ3v) is 17.4. The summed E-state index contributed by atoms with van der Waals surface area (Å²) >= 11 is 0. The summed E-state index contributed by atoms with van der Waals surface area (Å²) in [5.41, 5.74) is 0. The van der Waals surface area contributed by atoms with Gasteiger partial charge < -0.3 is 14.2 Å². The highest BCUT2D eigenvalue weighted by Gasteiger charge is 2.20. The molecule has 0 fully saturated rings. The van der Waals surface area contributed by atoms with Gasteiger partial charge in [-0.25, -0.2) is 0 Å². The maximum atomic E-state index is 13.0. The summed E-state index contributed by atoms with van der Waals surface area (Å²) in [7, 11) is 0. The molecule has 0 saturated heterocycles. The molecular weight excluding hydrogens is 1020 g/mol. The third kappa shape index (κ3) is 70.5. The summed E-state index contributed by atoms with van der Waals surface area (Å²) in [5.74, 6) is -0.844. The average Bonchev–Trinajstić information content (AvgIpc) is 3.48. The summed E-state index contributed by atoms with van der Waals surface area (Å²) in [5, 5.41) is 0. The zero-order valence-corrected chi connectivity index (χ0v) is 56.5. The molecule has 0 aromatic rings. The second kappa shape index (κ2) is 72.4. The highest BCUT2D eigenvalue weighted by molar-refractivity contribution is 5.71. The standard InChI is InChI=1S/C77H146O6/c1-4-7-10-13-16-19-22-24-26-28-30-32-34-35-36-37-38-39-40-41-43-44-46-48-50-52-55-58-61-64-67-70-76(79)82-73-74(72-81-75(78)69-66-63-60-57-54-21-18-15-12-9-6-3)83-77(80)71-68-65-62-59-56-53-51-49-47-45-42-33-31-29-27-25-23-20-17-14-11-8-5-2/h15,18,28,30,74H,4-14,16-17,19-27,29,31-73H2,1-3H3/b18-15-,30-28-. The van der Waals surface area contributed by atoms with E-state index in [1.165, 1.54) is 327 Å². The Labute approximate surface area is 519 Å². The topological polar surface area (TPSA) is 78.9 Å². The molecule has 0 amide bonds. The van der Waals surface area contributed by atoms with E-state index in [1.807, 2.05) is 0 Å². The van der Waals surface area contributed by atoms with Crippen LogP contribution < -0.4 is 0 Å². The van der Waals surface area contributed by atoms with Crippen LogP contribution in [0.2, 0.25) is 0 Å². The smallest absolute Gasteiger partial charge is 0.306 e. The van der Waals surface area contributed by atoms with E-state index < -0.39 is 6.10 Å². The zero-order chi connectivity index (χ0) is 59.9. The van der Waals surface area contributed by atoms with Crippen molar-refractivity contribution in [1.82, 2.24) is 0 Å². The lowest BCUT2D eigenvalue weighted by atomic mass is 10.0. The number of allylic oxidation sites excluding steroid dienone is 4. The number of hydrogen-bond donors (Lipinski definition) is 0. The Morgan fingerprint density at radius 2 is 0.410 bits per heavy atom. The lowest BCUT2D eigenvalue weighted by Gasteiger charge is -2.18. The minimum absolute atomic E-state index is 0.0673. The van der Waals surface area contributed by atoms with Crippen LogP contribution in [0.25, 0.3) is 0 Å². The summed E-state index contributed by atoms with van der Waals surface area (Å²) in [4.78, 5) is 38.4. The Morgan fingerprint density at radius 3 is 0.639 bits per heavy atom. The largest absolute Gasteiger partial charge is 0.462 e. The van der Waals surface area contributed by atoms with Gasteiger partial charge in [-0.2, -0.15) is 0 Å². The molecule has 6 heteroatoms. The van der Waals surface area contributed by atoms with E-state index in [0.29, 0.717) is 19.3 Å². The summed E-state index contributed by atoms with van der Waals surface area (Å²) < 4.78 is 17.0. The molecule has 0 radical (unpaired) electrons. The minimum Gasteiger partial charge on any atom is -0.462 e. The van der Waals surface area contributed by atoms with Crippen molar-refractivity contribution in [3.63, 3.8) is 0 Å². The fourth-order valence-electron chi connectivity index (χ4n) is 11.7. The number of esters is 3. The Kier molecular flexibility index (Phi) is 70.5. The van der Waals surface area contributed by atoms with Crippen LogP contribution in [0.1, 0.15) is 432 Å². The molecule has 83 heavy (non-hydrogen) atoms. The number of ether oxygens (including phenoxy) is 3. The highest BCUT2D eigenvalue weighted by atomic mass is 16.6. The van der Waals surface area contributed by atoms with Crippen LogP contribution in [0, 0.1) is 0 Å². The molecule has 0 aliphatic carbocycles. The quantitative estimate of drug-likeness (QED) is 0.0261. The van der Waals surface area contributed by atoms with E-state index in [9.17, 15) is 14.4 Å². The third-order valence-electron chi connectivity index (χ3n) is 17.4. The van der Waals surface area contributed by atoms with Gasteiger partial charge in [0, 0.05) is 19.3 Å². The summed E-state index contributed by atoms with van der Waals surface area (Å²) in [6.07, 6.45) is 89.6. The Balaban J connectivity index is 4.09. The fraction of sp³-hybridized carbons (Fsp3) is 0.909. The first-order valence-corrected chi connectivity index (χ1v) is 37.8. The van der Waals surface area contributed by atoms with Gasteiger partial charge in [0.05, 0.1) is 0 Å². The van der Waals surface area contributed by atoms with Crippen molar-refractivity contribution in [2.24, 2.45) is 0 Å². The van der Waals surface area contributed by atoms with E-state index in [0.717, 1.165) is 64.2 Å². The molecular formula is C77H146O6. The Morgan fingerprint density at radius 1 is 0.229 bits per heavy atom. The van der Waals surface area contributed by atoms with E-state index in [1.54, 1.807) is 0 Å². The van der Waals surface area contributed by atoms with Gasteiger partial charge in [-0.1, -0.05) is 373 Å². The zero-order valence-electron chi connectivity index (χ0n) is 56.5. The Bertz CT molecular complexity index is 1340. The predicted octanol–water partition coefficient (Wildman–Crippen LogP) is 26.1. The molecule has 0 saturated carbocycles. The van der Waals surface area contributed by atoms with Crippen molar-refractivity contribution >= 4 is 17.9 Å². The lowest BCUT2D eigenvalue weighted by molar-refractivity contribution is -0.167. The van der Waals surface area contributed by atoms with Gasteiger partial charge in [0.25, 0.3) is 0 Å². The van der Waals surface area contributed by atoms with Crippen molar-refractivity contribution in [3.05, 3.63) is 24.3 Å². The van der Waals surface area contributed by atoms with Crippen LogP contribution in [0.4, 0.5) is 0 Å². The predicted molar refractivity (Wildman–Crippen MR) is 363 cm³/mol. The normalized spacial score (nSPS) is 12.1. The van der Waals surface area contributed by atoms with Crippen LogP contribution in [-0.4, -0.2) is 37.2 Å². The van der Waals surface area contributed by atoms with Crippen molar-refractivity contribution in [3.8, 4) is 0 Å². The maximum Gasteiger partial charge on any atom is 0.306 e. The van der Waals surface area contributed by atoms with Crippen LogP contribution >= 0.6 is 0 Å². The van der Waals surface area contributed by atoms with E-state index >= 15 is 0 Å². The SMILES string of the molecule is CCCC/C=C\CCCCCCCC(=O)OCC(COC(=O)CCCCCCCCCCCCCCCCCCCCC/C=C\CCCCCCCCCC)OC(=O)CCCCCCCCCCCCCCCCCCCCCCCCC. The van der Waals surface area contributed by atoms with Gasteiger partial charge in [-0.3, -0.25) is 14.4 Å². The monoisotopic (exact) mass is 1170 g/mol. The highest BCUT2D eigenvalue weighted by Crippen LogP contribution is 2.19. The Hall–Kier alpha value is -2.11. The van der Waals surface area contributed by atoms with Crippen molar-refractivity contribution in [1.29, 1.82) is 0 Å². The van der Waals surface area contributed by atoms with Gasteiger partial charge in [0.1, 0.15) is 13.2 Å². The molecule has 0 aliphatic heterocycles. The molecule has 0 rings (SSSR count). The first kappa shape index (κ1) is 80.9. The first-order chi connectivity index (χ1) is 41.0. The molecule has 0 N–H and O–H groups in total. The van der Waals surface area contributed by atoms with Gasteiger partial charge in [0.2, 0.25) is 0 Å². The van der Waals surface area contributed by atoms with Crippen LogP contribution in [0.3, 0.4) is 0 Å². The summed E-state index contributed by atoms with van der Waals surface area (Å²) in [6, 6.07) is 0. The number of carbonyl (C=O) groups is 3. The molecule has 0 spiro atoms. The lowest BCUT2D eigenvalue weighted by Crippen LogP contribution is -2.30. The van der Waals surface area contributed by atoms with E-state index in [2.05, 4.69) is 45.1 Å². The van der Waals surface area contributed by atoms with Crippen molar-refractivity contribution < 1.29 is 28.6 Å². The number of carbonyl (C=O) groups excluding carboxylic acids is 3. The molecule has 490 valence electrons. The number of unbranched alkanes of at least 4 members (excludes halogenated alkanes) is 56. The average molecular weight is 1170 g/mol. The maximum absolute atomic E-state index is 13.0. The van der Waals surface area contributed by atoms with Crippen LogP contribution in [-0.2, 0) is 28.6 Å². The van der Waals surface area contributed by atoms with Gasteiger partial charge in [-0.05, 0) is 64.2 Å². The molecule has 0 aromatic heterocycles. The van der Waals surface area contributed by atoms with E-state index in [4.69, 9.17) is 14.2 Å². The van der Waals surface area contributed by atoms with Gasteiger partial charge >= 0.3 is 17.9 Å². The van der Waals surface area contributed by atoms with Crippen LogP contribution in [0.5, 0.6) is 0 Å². The van der Waals surface area contributed by atoms with E-state index in [-0.39, 0.29) is 31.1 Å². The molecule has 6 nitrogen and oxygen atoms in total. The second-order valence-electron chi connectivity index (χ2n) is 25.9. The van der Waals surface area contributed by atoms with Gasteiger partial charge in [0.15, 0.2) is 6.10 Å². The molecule has 0 bridgehead atoms. The molecule has 0 aromatic carbocycles. The second-order valence-corrected chi connectivity index (χ2v) is 25.9. The van der Waals surface area contributed by atoms with Gasteiger partial charge in [-0.15, -0.1) is 0 Å². The number of hydrogen-bond acceptors (Lipinski definition) is 6. The molecule has 1 unspecified atom stereocenters. The molecule has 1 atom stereocenters. The molecule has 0 aliphatic rings. The van der Waals surface area contributed by atoms with Crippen molar-refractivity contribution in [2.75, 3.05) is 13.2 Å². The fourth-order valence-corrected chi connectivity index (χ4v) is 11.7.